The number of aryl methyl sites for hydroxylation is 2. The summed E-state index contributed by atoms with van der Waals surface area (Å²) in [4.78, 5) is 12.8. The van der Waals surface area contributed by atoms with Crippen LogP contribution in [-0.4, -0.2) is 15.0 Å². The highest BCUT2D eigenvalue weighted by Gasteiger charge is 2.08. The van der Waals surface area contributed by atoms with Crippen molar-refractivity contribution in [2.75, 3.05) is 5.73 Å². The van der Waals surface area contributed by atoms with Gasteiger partial charge in [0.05, 0.1) is 11.2 Å². The number of pyridine rings is 1. The average molecular weight is 280 g/mol. The van der Waals surface area contributed by atoms with Gasteiger partial charge in [-0.2, -0.15) is 0 Å². The normalized spacial score (nSPS) is 10.1. The predicted octanol–water partition coefficient (Wildman–Crippen LogP) is 3.92. The third-order valence-electron chi connectivity index (χ3n) is 3.12. The van der Waals surface area contributed by atoms with E-state index in [9.17, 15) is 0 Å². The van der Waals surface area contributed by atoms with E-state index in [0.29, 0.717) is 11.3 Å². The molecule has 0 saturated carbocycles. The molecule has 4 nitrogen and oxygen atoms in total. The lowest BCUT2D eigenvalue weighted by Crippen LogP contribution is -1.98. The van der Waals surface area contributed by atoms with Crippen LogP contribution in [0.4, 0.5) is 5.82 Å². The highest BCUT2D eigenvalue weighted by Crippen LogP contribution is 2.25. The smallest absolute Gasteiger partial charge is 0.153 e. The first-order valence-electron chi connectivity index (χ1n) is 7.10. The monoisotopic (exact) mass is 280 g/mol. The molecule has 2 aromatic heterocycles. The van der Waals surface area contributed by atoms with Gasteiger partial charge >= 0.3 is 0 Å². The van der Waals surface area contributed by atoms with E-state index in [1.807, 2.05) is 39.0 Å². The molecule has 0 fully saturated rings. The molecule has 2 N–H and O–H groups in total. The maximum Gasteiger partial charge on any atom is 0.153 e. The van der Waals surface area contributed by atoms with Crippen molar-refractivity contribution >= 4 is 16.9 Å². The van der Waals surface area contributed by atoms with E-state index in [1.165, 1.54) is 11.9 Å². The number of rotatable bonds is 1. The predicted molar refractivity (Wildman–Crippen MR) is 88.0 cm³/mol. The zero-order chi connectivity index (χ0) is 15.4. The number of benzene rings is 1. The van der Waals surface area contributed by atoms with E-state index in [1.54, 1.807) is 0 Å². The Labute approximate surface area is 125 Å². The highest BCUT2D eigenvalue weighted by atomic mass is 14.9. The number of fused-ring (bicyclic) bond motifs is 1. The molecule has 4 heteroatoms. The number of nitrogens with zero attached hydrogens (tertiary/aromatic N) is 3. The van der Waals surface area contributed by atoms with Gasteiger partial charge in [-0.3, -0.25) is 0 Å². The Kier molecular flexibility index (Phi) is 4.48. The molecule has 1 aromatic carbocycles. The van der Waals surface area contributed by atoms with E-state index in [2.05, 4.69) is 34.0 Å². The van der Waals surface area contributed by atoms with Crippen molar-refractivity contribution in [3.63, 3.8) is 0 Å². The van der Waals surface area contributed by atoms with Gasteiger partial charge in [-0.05, 0) is 31.5 Å². The van der Waals surface area contributed by atoms with Gasteiger partial charge in [-0.1, -0.05) is 37.6 Å². The fourth-order valence-corrected chi connectivity index (χ4v) is 2.17. The van der Waals surface area contributed by atoms with Crippen LogP contribution in [0.3, 0.4) is 0 Å². The Morgan fingerprint density at radius 2 is 1.71 bits per heavy atom. The molecule has 0 bridgehead atoms. The Bertz CT molecular complexity index is 766. The first-order chi connectivity index (χ1) is 10.1. The van der Waals surface area contributed by atoms with Crippen LogP contribution >= 0.6 is 0 Å². The quantitative estimate of drug-likeness (QED) is 0.733. The van der Waals surface area contributed by atoms with Crippen LogP contribution < -0.4 is 5.73 Å². The van der Waals surface area contributed by atoms with Crippen LogP contribution in [0.5, 0.6) is 0 Å². The summed E-state index contributed by atoms with van der Waals surface area (Å²) in [5.41, 5.74) is 11.6. The lowest BCUT2D eigenvalue weighted by Gasteiger charge is -2.07. The van der Waals surface area contributed by atoms with E-state index in [4.69, 9.17) is 5.73 Å². The SMILES string of the molecule is CC.Cc1cccc(-c2cc(C)c3ncnc(N)c3n2)c1. The number of anilines is 1. The first-order valence-corrected chi connectivity index (χ1v) is 7.10. The second-order valence-electron chi connectivity index (χ2n) is 4.65. The van der Waals surface area contributed by atoms with Crippen molar-refractivity contribution in [1.29, 1.82) is 0 Å². The molecule has 21 heavy (non-hydrogen) atoms. The molecule has 0 aliphatic heterocycles. The van der Waals surface area contributed by atoms with Crippen LogP contribution in [0.25, 0.3) is 22.3 Å². The summed E-state index contributed by atoms with van der Waals surface area (Å²) in [5, 5.41) is 0. The van der Waals surface area contributed by atoms with Crippen LogP contribution in [0.15, 0.2) is 36.7 Å². The Morgan fingerprint density at radius 1 is 0.952 bits per heavy atom. The maximum atomic E-state index is 5.89. The number of nitrogens with two attached hydrogens (primary N) is 1. The summed E-state index contributed by atoms with van der Waals surface area (Å²) in [6, 6.07) is 10.3. The fourth-order valence-electron chi connectivity index (χ4n) is 2.17. The van der Waals surface area contributed by atoms with Crippen molar-refractivity contribution < 1.29 is 0 Å². The average Bonchev–Trinajstić information content (AvgIpc) is 2.50. The van der Waals surface area contributed by atoms with Crippen LogP contribution in [-0.2, 0) is 0 Å². The third kappa shape index (κ3) is 2.99. The van der Waals surface area contributed by atoms with E-state index in [0.717, 1.165) is 22.3 Å². The molecule has 0 aliphatic carbocycles. The molecule has 3 aromatic rings. The van der Waals surface area contributed by atoms with Crippen LogP contribution in [0, 0.1) is 13.8 Å². The lowest BCUT2D eigenvalue weighted by molar-refractivity contribution is 1.19. The van der Waals surface area contributed by atoms with Gasteiger partial charge in [0, 0.05) is 5.56 Å². The summed E-state index contributed by atoms with van der Waals surface area (Å²) in [6.45, 7) is 8.07. The molecule has 0 amide bonds. The van der Waals surface area contributed by atoms with Crippen molar-refractivity contribution in [1.82, 2.24) is 15.0 Å². The van der Waals surface area contributed by atoms with E-state index in [-0.39, 0.29) is 0 Å². The van der Waals surface area contributed by atoms with Crippen LogP contribution in [0.1, 0.15) is 25.0 Å². The minimum absolute atomic E-state index is 0.419. The molecule has 0 aliphatic rings. The highest BCUT2D eigenvalue weighted by molar-refractivity contribution is 5.88. The van der Waals surface area contributed by atoms with Gasteiger partial charge in [0.2, 0.25) is 0 Å². The zero-order valence-corrected chi connectivity index (χ0v) is 12.9. The van der Waals surface area contributed by atoms with Gasteiger partial charge in [0.15, 0.2) is 5.82 Å². The Morgan fingerprint density at radius 3 is 2.43 bits per heavy atom. The summed E-state index contributed by atoms with van der Waals surface area (Å²) in [5.74, 6) is 0.419. The molecule has 0 saturated heterocycles. The Hall–Kier alpha value is -2.49. The first kappa shape index (κ1) is 14.9. The van der Waals surface area contributed by atoms with Crippen molar-refractivity contribution in [3.8, 4) is 11.3 Å². The van der Waals surface area contributed by atoms with Crippen molar-refractivity contribution in [2.24, 2.45) is 0 Å². The standard InChI is InChI=1S/C15H14N4.C2H6/c1-9-4-3-5-11(6-9)12-7-10(2)13-14(19-12)15(16)18-8-17-13;1-2/h3-8H,1-2H3,(H2,16,17,18);1-2H3. The van der Waals surface area contributed by atoms with Crippen molar-refractivity contribution in [3.05, 3.63) is 47.8 Å². The zero-order valence-electron chi connectivity index (χ0n) is 12.9. The lowest BCUT2D eigenvalue weighted by atomic mass is 10.1. The Balaban J connectivity index is 0.000000774. The minimum Gasteiger partial charge on any atom is -0.382 e. The van der Waals surface area contributed by atoms with Crippen molar-refractivity contribution in [2.45, 2.75) is 27.7 Å². The van der Waals surface area contributed by atoms with Gasteiger partial charge in [0.1, 0.15) is 11.8 Å². The second kappa shape index (κ2) is 6.31. The summed E-state index contributed by atoms with van der Waals surface area (Å²) < 4.78 is 0. The molecule has 0 atom stereocenters. The van der Waals surface area contributed by atoms with Gasteiger partial charge in [-0.25, -0.2) is 15.0 Å². The molecule has 2 heterocycles. The topological polar surface area (TPSA) is 64.7 Å². The largest absolute Gasteiger partial charge is 0.382 e. The number of hydrogen-bond acceptors (Lipinski definition) is 4. The summed E-state index contributed by atoms with van der Waals surface area (Å²) in [6.07, 6.45) is 1.47. The second-order valence-corrected chi connectivity index (χ2v) is 4.65. The number of hydrogen-bond donors (Lipinski definition) is 1. The molecule has 0 radical (unpaired) electrons. The maximum absolute atomic E-state index is 5.89. The summed E-state index contributed by atoms with van der Waals surface area (Å²) >= 11 is 0. The van der Waals surface area contributed by atoms with E-state index < -0.39 is 0 Å². The van der Waals surface area contributed by atoms with Gasteiger partial charge in [-0.15, -0.1) is 0 Å². The molecular formula is C17H20N4. The molecule has 0 unspecified atom stereocenters. The molecular weight excluding hydrogens is 260 g/mol. The molecule has 3 rings (SSSR count). The van der Waals surface area contributed by atoms with Gasteiger partial charge < -0.3 is 5.73 Å². The third-order valence-corrected chi connectivity index (χ3v) is 3.12. The molecule has 108 valence electrons. The summed E-state index contributed by atoms with van der Waals surface area (Å²) in [7, 11) is 0. The molecule has 0 spiro atoms. The minimum atomic E-state index is 0.419. The number of aromatic nitrogens is 3. The number of nitrogen functional groups attached to an aromatic ring is 1. The van der Waals surface area contributed by atoms with Crippen LogP contribution in [0.2, 0.25) is 0 Å². The van der Waals surface area contributed by atoms with E-state index >= 15 is 0 Å². The van der Waals surface area contributed by atoms with Gasteiger partial charge in [0.25, 0.3) is 0 Å². The fraction of sp³-hybridized carbons (Fsp3) is 0.235.